The van der Waals surface area contributed by atoms with Crippen LogP contribution in [0.25, 0.3) is 0 Å². The second kappa shape index (κ2) is 7.10. The molecule has 7 nitrogen and oxygen atoms in total. The van der Waals surface area contributed by atoms with E-state index in [1.54, 1.807) is 12.1 Å². The van der Waals surface area contributed by atoms with E-state index in [1.165, 1.54) is 6.26 Å². The second-order valence-corrected chi connectivity index (χ2v) is 3.58. The fraction of sp³-hybridized carbons (Fsp3) is 0.364. The van der Waals surface area contributed by atoms with Crippen molar-refractivity contribution in [3.05, 3.63) is 24.2 Å². The molecular formula is C11H15N3O4. The van der Waals surface area contributed by atoms with Crippen LogP contribution < -0.4 is 16.4 Å². The number of hydrogen-bond acceptors (Lipinski definition) is 4. The highest BCUT2D eigenvalue weighted by Crippen LogP contribution is 1.99. The van der Waals surface area contributed by atoms with E-state index in [0.717, 1.165) is 0 Å². The Kier molecular flexibility index (Phi) is 5.43. The van der Waals surface area contributed by atoms with E-state index in [0.29, 0.717) is 13.0 Å². The number of amides is 3. The van der Waals surface area contributed by atoms with Gasteiger partial charge >= 0.3 is 0 Å². The summed E-state index contributed by atoms with van der Waals surface area (Å²) in [5, 5.41) is 4.95. The monoisotopic (exact) mass is 253 g/mol. The molecule has 1 heterocycles. The predicted molar refractivity (Wildman–Crippen MR) is 62.5 cm³/mol. The smallest absolute Gasteiger partial charge is 0.286 e. The molecule has 1 aromatic rings. The molecule has 0 spiro atoms. The van der Waals surface area contributed by atoms with Gasteiger partial charge in [0.1, 0.15) is 0 Å². The van der Waals surface area contributed by atoms with Gasteiger partial charge in [-0.2, -0.15) is 0 Å². The van der Waals surface area contributed by atoms with Crippen molar-refractivity contribution in [2.45, 2.75) is 12.8 Å². The zero-order valence-electron chi connectivity index (χ0n) is 9.77. The van der Waals surface area contributed by atoms with Gasteiger partial charge in [0.25, 0.3) is 5.91 Å². The standard InChI is InChI=1S/C11H15N3O4/c12-9(15)7-14-10(16)4-1-5-13-11(17)8-3-2-6-18-8/h2-3,6H,1,4-5,7H2,(H2,12,15)(H,13,17)(H,14,16). The molecule has 0 unspecified atom stereocenters. The van der Waals surface area contributed by atoms with Crippen molar-refractivity contribution >= 4 is 17.7 Å². The van der Waals surface area contributed by atoms with E-state index in [-0.39, 0.29) is 30.5 Å². The number of hydrogen-bond donors (Lipinski definition) is 3. The topological polar surface area (TPSA) is 114 Å². The zero-order chi connectivity index (χ0) is 13.4. The van der Waals surface area contributed by atoms with Gasteiger partial charge in [0.15, 0.2) is 5.76 Å². The normalized spacial score (nSPS) is 9.78. The molecule has 18 heavy (non-hydrogen) atoms. The third-order valence-electron chi connectivity index (χ3n) is 2.07. The van der Waals surface area contributed by atoms with Crippen molar-refractivity contribution in [2.24, 2.45) is 5.73 Å². The number of nitrogens with two attached hydrogens (primary N) is 1. The summed E-state index contributed by atoms with van der Waals surface area (Å²) in [4.78, 5) is 33.0. The summed E-state index contributed by atoms with van der Waals surface area (Å²) in [7, 11) is 0. The van der Waals surface area contributed by atoms with E-state index in [1.807, 2.05) is 0 Å². The Bertz CT molecular complexity index is 414. The molecule has 98 valence electrons. The van der Waals surface area contributed by atoms with Crippen LogP contribution in [0, 0.1) is 0 Å². The highest BCUT2D eigenvalue weighted by molar-refractivity contribution is 5.91. The fourth-order valence-corrected chi connectivity index (χ4v) is 1.22. The average molecular weight is 253 g/mol. The first kappa shape index (κ1) is 13.8. The summed E-state index contributed by atoms with van der Waals surface area (Å²) in [5.74, 6) is -0.957. The van der Waals surface area contributed by atoms with Gasteiger partial charge in [0.2, 0.25) is 11.8 Å². The van der Waals surface area contributed by atoms with Gasteiger partial charge in [-0.05, 0) is 18.6 Å². The number of carbonyl (C=O) groups is 3. The Morgan fingerprint density at radius 3 is 2.67 bits per heavy atom. The molecule has 0 radical (unpaired) electrons. The summed E-state index contributed by atoms with van der Waals surface area (Å²) in [5.41, 5.74) is 4.87. The molecular weight excluding hydrogens is 238 g/mol. The van der Waals surface area contributed by atoms with Crippen molar-refractivity contribution in [1.82, 2.24) is 10.6 Å². The van der Waals surface area contributed by atoms with E-state index in [9.17, 15) is 14.4 Å². The van der Waals surface area contributed by atoms with Gasteiger partial charge in [0, 0.05) is 13.0 Å². The van der Waals surface area contributed by atoms with Crippen molar-refractivity contribution < 1.29 is 18.8 Å². The van der Waals surface area contributed by atoms with E-state index < -0.39 is 5.91 Å². The minimum atomic E-state index is -0.588. The van der Waals surface area contributed by atoms with Crippen LogP contribution in [-0.2, 0) is 9.59 Å². The number of nitrogens with one attached hydrogen (secondary N) is 2. The molecule has 0 fully saturated rings. The highest BCUT2D eigenvalue weighted by Gasteiger charge is 2.07. The van der Waals surface area contributed by atoms with Gasteiger partial charge in [-0.25, -0.2) is 0 Å². The lowest BCUT2D eigenvalue weighted by atomic mass is 10.3. The largest absolute Gasteiger partial charge is 0.459 e. The van der Waals surface area contributed by atoms with E-state index in [4.69, 9.17) is 10.2 Å². The first-order chi connectivity index (χ1) is 8.59. The van der Waals surface area contributed by atoms with Crippen LogP contribution in [0.4, 0.5) is 0 Å². The maximum Gasteiger partial charge on any atom is 0.286 e. The van der Waals surface area contributed by atoms with Gasteiger partial charge in [-0.1, -0.05) is 0 Å². The zero-order valence-corrected chi connectivity index (χ0v) is 9.77. The van der Waals surface area contributed by atoms with E-state index in [2.05, 4.69) is 10.6 Å². The van der Waals surface area contributed by atoms with Crippen molar-refractivity contribution in [3.8, 4) is 0 Å². The maximum atomic E-state index is 11.4. The van der Waals surface area contributed by atoms with Gasteiger partial charge in [-0.3, -0.25) is 14.4 Å². The minimum Gasteiger partial charge on any atom is -0.459 e. The SMILES string of the molecule is NC(=O)CNC(=O)CCCNC(=O)c1ccco1. The van der Waals surface area contributed by atoms with Crippen LogP contribution in [0.3, 0.4) is 0 Å². The number of rotatable bonds is 7. The summed E-state index contributed by atoms with van der Waals surface area (Å²) in [6.45, 7) is 0.182. The highest BCUT2D eigenvalue weighted by atomic mass is 16.3. The fourth-order valence-electron chi connectivity index (χ4n) is 1.22. The molecule has 0 saturated heterocycles. The van der Waals surface area contributed by atoms with Crippen LogP contribution in [-0.4, -0.2) is 30.8 Å². The molecule has 0 aliphatic carbocycles. The lowest BCUT2D eigenvalue weighted by Gasteiger charge is -2.04. The summed E-state index contributed by atoms with van der Waals surface area (Å²) in [6, 6.07) is 3.17. The van der Waals surface area contributed by atoms with Gasteiger partial charge in [-0.15, -0.1) is 0 Å². The molecule has 1 aromatic heterocycles. The second-order valence-electron chi connectivity index (χ2n) is 3.58. The van der Waals surface area contributed by atoms with Crippen LogP contribution in [0.1, 0.15) is 23.4 Å². The Morgan fingerprint density at radius 2 is 2.06 bits per heavy atom. The van der Waals surface area contributed by atoms with Crippen LogP contribution in [0.2, 0.25) is 0 Å². The maximum absolute atomic E-state index is 11.4. The minimum absolute atomic E-state index is 0.169. The summed E-state index contributed by atoms with van der Waals surface area (Å²) in [6.07, 6.45) is 2.09. The molecule has 0 aliphatic rings. The molecule has 4 N–H and O–H groups in total. The number of primary amides is 1. The lowest BCUT2D eigenvalue weighted by Crippen LogP contribution is -2.33. The van der Waals surface area contributed by atoms with E-state index >= 15 is 0 Å². The predicted octanol–water partition coefficient (Wildman–Crippen LogP) is -0.609. The first-order valence-corrected chi connectivity index (χ1v) is 5.46. The van der Waals surface area contributed by atoms with Crippen LogP contribution in [0.5, 0.6) is 0 Å². The third kappa shape index (κ3) is 5.15. The Morgan fingerprint density at radius 1 is 1.28 bits per heavy atom. The lowest BCUT2D eigenvalue weighted by molar-refractivity contribution is -0.124. The molecule has 0 aromatic carbocycles. The molecule has 3 amide bonds. The molecule has 0 atom stereocenters. The van der Waals surface area contributed by atoms with Gasteiger partial charge < -0.3 is 20.8 Å². The molecule has 0 bridgehead atoms. The van der Waals surface area contributed by atoms with Crippen LogP contribution >= 0.6 is 0 Å². The molecule has 0 aliphatic heterocycles. The number of furan rings is 1. The third-order valence-corrected chi connectivity index (χ3v) is 2.07. The molecule has 0 saturated carbocycles. The van der Waals surface area contributed by atoms with Crippen LogP contribution in [0.15, 0.2) is 22.8 Å². The quantitative estimate of drug-likeness (QED) is 0.562. The molecule has 7 heteroatoms. The summed E-state index contributed by atoms with van der Waals surface area (Å²) >= 11 is 0. The average Bonchev–Trinajstić information content (AvgIpc) is 2.85. The Labute approximate surface area is 104 Å². The Hall–Kier alpha value is -2.31. The first-order valence-electron chi connectivity index (χ1n) is 5.46. The molecule has 1 rings (SSSR count). The Balaban J connectivity index is 2.10. The van der Waals surface area contributed by atoms with Crippen molar-refractivity contribution in [2.75, 3.05) is 13.1 Å². The van der Waals surface area contributed by atoms with Crippen molar-refractivity contribution in [3.63, 3.8) is 0 Å². The number of carbonyl (C=O) groups excluding carboxylic acids is 3. The van der Waals surface area contributed by atoms with Crippen molar-refractivity contribution in [1.29, 1.82) is 0 Å². The summed E-state index contributed by atoms with van der Waals surface area (Å²) < 4.78 is 4.90. The van der Waals surface area contributed by atoms with Gasteiger partial charge in [0.05, 0.1) is 12.8 Å².